The number of anilines is 1. The molecule has 98 valence electrons. The lowest BCUT2D eigenvalue weighted by molar-refractivity contribution is 0.0977. The van der Waals surface area contributed by atoms with Gasteiger partial charge in [-0.15, -0.1) is 0 Å². The minimum Gasteiger partial charge on any atom is -0.398 e. The zero-order chi connectivity index (χ0) is 14.4. The number of hydrogen-bond acceptors (Lipinski definition) is 4. The number of ketones is 2. The molecule has 0 unspecified atom stereocenters. The van der Waals surface area contributed by atoms with Crippen LogP contribution in [-0.2, 0) is 0 Å². The Hall–Kier alpha value is -2.95. The largest absolute Gasteiger partial charge is 0.398 e. The third kappa shape index (κ3) is 1.53. The fraction of sp³-hybridized carbons (Fsp3) is 0. The van der Waals surface area contributed by atoms with Crippen LogP contribution in [0, 0.1) is 0 Å². The number of rotatable bonds is 1. The normalized spacial score (nSPS) is 12.8. The lowest BCUT2D eigenvalue weighted by atomic mass is 9.82. The smallest absolute Gasteiger partial charge is 0.248 e. The summed E-state index contributed by atoms with van der Waals surface area (Å²) >= 11 is 0. The van der Waals surface area contributed by atoms with Crippen molar-refractivity contribution in [3.8, 4) is 0 Å². The summed E-state index contributed by atoms with van der Waals surface area (Å²) in [4.78, 5) is 36.1. The first kappa shape index (κ1) is 12.1. The van der Waals surface area contributed by atoms with Gasteiger partial charge in [0.05, 0.1) is 5.56 Å². The Kier molecular flexibility index (Phi) is 2.44. The summed E-state index contributed by atoms with van der Waals surface area (Å²) in [6.07, 6.45) is 0. The van der Waals surface area contributed by atoms with E-state index in [1.807, 2.05) is 0 Å². The van der Waals surface area contributed by atoms with Crippen molar-refractivity contribution in [3.63, 3.8) is 0 Å². The van der Waals surface area contributed by atoms with E-state index in [0.717, 1.165) is 0 Å². The third-order valence-corrected chi connectivity index (χ3v) is 3.34. The van der Waals surface area contributed by atoms with E-state index in [1.165, 1.54) is 12.1 Å². The number of nitrogen functional groups attached to an aromatic ring is 1. The average molecular weight is 266 g/mol. The van der Waals surface area contributed by atoms with Gasteiger partial charge in [-0.05, 0) is 12.1 Å². The number of hydrogen-bond donors (Lipinski definition) is 2. The van der Waals surface area contributed by atoms with E-state index in [1.54, 1.807) is 24.3 Å². The Morgan fingerprint density at radius 2 is 1.50 bits per heavy atom. The second-order valence-electron chi connectivity index (χ2n) is 4.56. The highest BCUT2D eigenvalue weighted by Crippen LogP contribution is 2.31. The van der Waals surface area contributed by atoms with Crippen LogP contribution < -0.4 is 11.5 Å². The molecule has 0 aliphatic heterocycles. The van der Waals surface area contributed by atoms with Crippen molar-refractivity contribution in [2.45, 2.75) is 0 Å². The highest BCUT2D eigenvalue weighted by molar-refractivity contribution is 6.30. The lowest BCUT2D eigenvalue weighted by Crippen LogP contribution is -2.24. The molecule has 5 nitrogen and oxygen atoms in total. The fourth-order valence-electron chi connectivity index (χ4n) is 2.40. The third-order valence-electron chi connectivity index (χ3n) is 3.34. The van der Waals surface area contributed by atoms with E-state index in [2.05, 4.69) is 0 Å². The molecule has 0 radical (unpaired) electrons. The van der Waals surface area contributed by atoms with Gasteiger partial charge in [-0.1, -0.05) is 24.3 Å². The van der Waals surface area contributed by atoms with E-state index >= 15 is 0 Å². The molecule has 0 atom stereocenters. The van der Waals surface area contributed by atoms with Gasteiger partial charge in [0.1, 0.15) is 0 Å². The van der Waals surface area contributed by atoms with Gasteiger partial charge >= 0.3 is 0 Å². The van der Waals surface area contributed by atoms with Gasteiger partial charge in [-0.3, -0.25) is 14.4 Å². The fourth-order valence-corrected chi connectivity index (χ4v) is 2.40. The van der Waals surface area contributed by atoms with Crippen LogP contribution in [0.1, 0.15) is 42.2 Å². The average Bonchev–Trinajstić information content (AvgIpc) is 2.44. The van der Waals surface area contributed by atoms with E-state index in [4.69, 9.17) is 11.5 Å². The maximum absolute atomic E-state index is 12.4. The van der Waals surface area contributed by atoms with Crippen LogP contribution in [0.25, 0.3) is 0 Å². The molecule has 1 aliphatic carbocycles. The van der Waals surface area contributed by atoms with Gasteiger partial charge in [-0.25, -0.2) is 0 Å². The van der Waals surface area contributed by atoms with Crippen molar-refractivity contribution in [3.05, 3.63) is 64.2 Å². The van der Waals surface area contributed by atoms with Crippen LogP contribution in [0.15, 0.2) is 36.4 Å². The summed E-state index contributed by atoms with van der Waals surface area (Å²) in [5.74, 6) is -1.34. The minimum atomic E-state index is -0.696. The predicted octanol–water partition coefficient (Wildman–Crippen LogP) is 1.14. The van der Waals surface area contributed by atoms with Gasteiger partial charge in [0.15, 0.2) is 11.6 Å². The van der Waals surface area contributed by atoms with Crippen molar-refractivity contribution in [1.29, 1.82) is 0 Å². The van der Waals surface area contributed by atoms with Crippen molar-refractivity contribution >= 4 is 23.2 Å². The van der Waals surface area contributed by atoms with E-state index in [0.29, 0.717) is 11.1 Å². The number of primary amides is 1. The van der Waals surface area contributed by atoms with Gasteiger partial charge in [0.2, 0.25) is 5.91 Å². The Balaban J connectivity index is 2.33. The molecule has 4 N–H and O–H groups in total. The number of carbonyl (C=O) groups is 3. The van der Waals surface area contributed by atoms with Crippen LogP contribution in [-0.4, -0.2) is 17.5 Å². The number of benzene rings is 2. The molecule has 3 rings (SSSR count). The number of amides is 1. The molecular formula is C15H10N2O3. The summed E-state index contributed by atoms with van der Waals surface area (Å²) in [5.41, 5.74) is 12.1. The Labute approximate surface area is 114 Å². The first-order chi connectivity index (χ1) is 9.50. The van der Waals surface area contributed by atoms with Crippen molar-refractivity contribution in [1.82, 2.24) is 0 Å². The van der Waals surface area contributed by atoms with Crippen LogP contribution in [0.2, 0.25) is 0 Å². The molecule has 0 saturated carbocycles. The van der Waals surface area contributed by atoms with Crippen molar-refractivity contribution < 1.29 is 14.4 Å². The molecule has 0 aromatic heterocycles. The molecule has 0 fully saturated rings. The van der Waals surface area contributed by atoms with Crippen LogP contribution in [0.4, 0.5) is 5.69 Å². The van der Waals surface area contributed by atoms with Crippen LogP contribution in [0.5, 0.6) is 0 Å². The van der Waals surface area contributed by atoms with Gasteiger partial charge in [0, 0.05) is 27.9 Å². The minimum absolute atomic E-state index is 0.0872. The molecule has 2 aromatic rings. The Bertz CT molecular complexity index is 794. The Morgan fingerprint density at radius 1 is 0.900 bits per heavy atom. The van der Waals surface area contributed by atoms with E-state index in [9.17, 15) is 14.4 Å². The SMILES string of the molecule is NC(=O)c1cc(N)c2c(c1)C(=O)c1ccccc1C2=O. The molecule has 1 amide bonds. The summed E-state index contributed by atoms with van der Waals surface area (Å²) in [6.45, 7) is 0. The zero-order valence-electron chi connectivity index (χ0n) is 10.3. The summed E-state index contributed by atoms with van der Waals surface area (Å²) < 4.78 is 0. The zero-order valence-corrected chi connectivity index (χ0v) is 10.3. The molecule has 0 saturated heterocycles. The second-order valence-corrected chi connectivity index (χ2v) is 4.56. The molecule has 1 aliphatic rings. The van der Waals surface area contributed by atoms with Crippen molar-refractivity contribution in [2.24, 2.45) is 5.73 Å². The first-order valence-corrected chi connectivity index (χ1v) is 5.92. The maximum Gasteiger partial charge on any atom is 0.248 e. The molecule has 0 spiro atoms. The van der Waals surface area contributed by atoms with E-state index in [-0.39, 0.29) is 33.9 Å². The van der Waals surface area contributed by atoms with Gasteiger partial charge in [0.25, 0.3) is 0 Å². The molecule has 0 heterocycles. The number of nitrogens with two attached hydrogens (primary N) is 2. The maximum atomic E-state index is 12.4. The van der Waals surface area contributed by atoms with Gasteiger partial charge in [-0.2, -0.15) is 0 Å². The quantitative estimate of drug-likeness (QED) is 0.644. The van der Waals surface area contributed by atoms with Crippen LogP contribution in [0.3, 0.4) is 0 Å². The van der Waals surface area contributed by atoms with Gasteiger partial charge < -0.3 is 11.5 Å². The van der Waals surface area contributed by atoms with Crippen molar-refractivity contribution in [2.75, 3.05) is 5.73 Å². The summed E-state index contributed by atoms with van der Waals surface area (Å²) in [5, 5.41) is 0. The lowest BCUT2D eigenvalue weighted by Gasteiger charge is -2.19. The standard InChI is InChI=1S/C15H10N2O3/c16-11-6-7(15(17)20)5-10-12(11)14(19)9-4-2-1-3-8(9)13(10)18/h1-6H,16H2,(H2,17,20). The molecule has 0 bridgehead atoms. The highest BCUT2D eigenvalue weighted by atomic mass is 16.1. The predicted molar refractivity (Wildman–Crippen MR) is 72.7 cm³/mol. The van der Waals surface area contributed by atoms with E-state index < -0.39 is 5.91 Å². The monoisotopic (exact) mass is 266 g/mol. The highest BCUT2D eigenvalue weighted by Gasteiger charge is 2.31. The molecule has 2 aromatic carbocycles. The second kappa shape index (κ2) is 4.03. The topological polar surface area (TPSA) is 103 Å². The summed E-state index contributed by atoms with van der Waals surface area (Å²) in [7, 11) is 0. The summed E-state index contributed by atoms with van der Waals surface area (Å²) in [6, 6.07) is 9.16. The Morgan fingerprint density at radius 3 is 2.10 bits per heavy atom. The molecular weight excluding hydrogens is 256 g/mol. The van der Waals surface area contributed by atoms with Crippen LogP contribution >= 0.6 is 0 Å². The number of carbonyl (C=O) groups excluding carboxylic acids is 3. The molecule has 20 heavy (non-hydrogen) atoms. The molecule has 5 heteroatoms. The first-order valence-electron chi connectivity index (χ1n) is 5.92. The number of fused-ring (bicyclic) bond motifs is 2.